The molecule has 33 heavy (non-hydrogen) atoms. The van der Waals surface area contributed by atoms with Crippen LogP contribution in [0.15, 0.2) is 47.4 Å². The predicted molar refractivity (Wildman–Crippen MR) is 116 cm³/mol. The van der Waals surface area contributed by atoms with Crippen LogP contribution in [0.4, 0.5) is 24.5 Å². The zero-order valence-corrected chi connectivity index (χ0v) is 18.4. The van der Waals surface area contributed by atoms with Crippen LogP contribution in [0, 0.1) is 0 Å². The number of benzene rings is 2. The first-order valence-corrected chi connectivity index (χ1v) is 10.3. The van der Waals surface area contributed by atoms with Gasteiger partial charge in [0.15, 0.2) is 6.61 Å². The third-order valence-corrected chi connectivity index (χ3v) is 4.96. The van der Waals surface area contributed by atoms with E-state index in [2.05, 4.69) is 10.6 Å². The van der Waals surface area contributed by atoms with Gasteiger partial charge in [0, 0.05) is 24.7 Å². The Bertz CT molecular complexity index is 1030. The van der Waals surface area contributed by atoms with Crippen LogP contribution in [-0.4, -0.2) is 55.5 Å². The fourth-order valence-electron chi connectivity index (χ4n) is 2.36. The van der Waals surface area contributed by atoms with Crippen LogP contribution in [0.25, 0.3) is 0 Å². The maximum Gasteiger partial charge on any atom is 0.416 e. The number of esters is 1. The van der Waals surface area contributed by atoms with E-state index < -0.39 is 30.2 Å². The SMILES string of the molecule is CN(C)C=O.O=C(COC(=O)c1ccc2c(c1)NC(=O)CS2)Nc1ccc(C(F)(F)F)cc1. The number of hydrogen-bond donors (Lipinski definition) is 2. The number of amides is 3. The third kappa shape index (κ3) is 8.15. The molecule has 3 rings (SSSR count). The van der Waals surface area contributed by atoms with Gasteiger partial charge in [-0.15, -0.1) is 11.8 Å². The molecule has 8 nitrogen and oxygen atoms in total. The number of carbonyl (C=O) groups is 4. The summed E-state index contributed by atoms with van der Waals surface area (Å²) in [6, 6.07) is 8.51. The number of hydrogen-bond acceptors (Lipinski definition) is 6. The van der Waals surface area contributed by atoms with E-state index in [1.807, 2.05) is 0 Å². The number of alkyl halides is 3. The monoisotopic (exact) mass is 483 g/mol. The van der Waals surface area contributed by atoms with Crippen molar-refractivity contribution in [3.63, 3.8) is 0 Å². The van der Waals surface area contributed by atoms with Gasteiger partial charge >= 0.3 is 12.1 Å². The van der Waals surface area contributed by atoms with Gasteiger partial charge in [0.1, 0.15) is 0 Å². The van der Waals surface area contributed by atoms with Crippen molar-refractivity contribution in [2.45, 2.75) is 11.1 Å². The highest BCUT2D eigenvalue weighted by Crippen LogP contribution is 2.32. The molecular weight excluding hydrogens is 463 g/mol. The van der Waals surface area contributed by atoms with Crippen LogP contribution in [-0.2, 0) is 25.3 Å². The van der Waals surface area contributed by atoms with Gasteiger partial charge < -0.3 is 20.3 Å². The molecule has 0 aromatic heterocycles. The van der Waals surface area contributed by atoms with E-state index in [0.29, 0.717) is 11.4 Å². The van der Waals surface area contributed by atoms with Crippen LogP contribution >= 0.6 is 11.8 Å². The Morgan fingerprint density at radius 1 is 1.18 bits per heavy atom. The number of fused-ring (bicyclic) bond motifs is 1. The summed E-state index contributed by atoms with van der Waals surface area (Å²) in [7, 11) is 3.38. The first kappa shape index (κ1) is 25.7. The number of anilines is 2. The van der Waals surface area contributed by atoms with E-state index in [4.69, 9.17) is 4.74 Å². The van der Waals surface area contributed by atoms with E-state index in [1.165, 1.54) is 28.8 Å². The fraction of sp³-hybridized carbons (Fsp3) is 0.238. The van der Waals surface area contributed by atoms with Crippen molar-refractivity contribution in [1.82, 2.24) is 4.90 Å². The number of thioether (sulfide) groups is 1. The second-order valence-corrected chi connectivity index (χ2v) is 7.83. The molecule has 3 amide bonds. The summed E-state index contributed by atoms with van der Waals surface area (Å²) in [5.74, 6) is -1.36. The lowest BCUT2D eigenvalue weighted by Crippen LogP contribution is -2.22. The molecule has 2 N–H and O–H groups in total. The van der Waals surface area contributed by atoms with Crippen LogP contribution < -0.4 is 10.6 Å². The second-order valence-electron chi connectivity index (χ2n) is 6.82. The number of ether oxygens (including phenoxy) is 1. The average molecular weight is 483 g/mol. The minimum Gasteiger partial charge on any atom is -0.452 e. The highest BCUT2D eigenvalue weighted by Gasteiger charge is 2.30. The average Bonchev–Trinajstić information content (AvgIpc) is 2.77. The number of nitrogens with zero attached hydrogens (tertiary/aromatic N) is 1. The normalized spacial score (nSPS) is 12.3. The zero-order chi connectivity index (χ0) is 24.6. The molecule has 0 spiro atoms. The molecule has 0 atom stereocenters. The summed E-state index contributed by atoms with van der Waals surface area (Å²) >= 11 is 1.34. The largest absolute Gasteiger partial charge is 0.452 e. The Kier molecular flexibility index (Phi) is 8.85. The Morgan fingerprint density at radius 3 is 2.39 bits per heavy atom. The van der Waals surface area contributed by atoms with Crippen LogP contribution in [0.1, 0.15) is 15.9 Å². The Labute approximate surface area is 191 Å². The van der Waals surface area contributed by atoms with E-state index in [0.717, 1.165) is 35.6 Å². The van der Waals surface area contributed by atoms with Crippen molar-refractivity contribution in [1.29, 1.82) is 0 Å². The van der Waals surface area contributed by atoms with Crippen molar-refractivity contribution in [2.75, 3.05) is 37.1 Å². The van der Waals surface area contributed by atoms with Gasteiger partial charge in [-0.25, -0.2) is 4.79 Å². The Balaban J connectivity index is 0.000000696. The second kappa shape index (κ2) is 11.4. The maximum atomic E-state index is 12.5. The summed E-state index contributed by atoms with van der Waals surface area (Å²) in [6.45, 7) is -0.613. The van der Waals surface area contributed by atoms with Crippen molar-refractivity contribution in [2.24, 2.45) is 0 Å². The quantitative estimate of drug-likeness (QED) is 0.500. The molecule has 0 bridgehead atoms. The molecule has 0 unspecified atom stereocenters. The maximum absolute atomic E-state index is 12.5. The number of carbonyl (C=O) groups excluding carboxylic acids is 4. The summed E-state index contributed by atoms with van der Waals surface area (Å²) in [5.41, 5.74) is -0.0501. The van der Waals surface area contributed by atoms with Gasteiger partial charge in [-0.3, -0.25) is 14.4 Å². The molecule has 12 heteroatoms. The van der Waals surface area contributed by atoms with Crippen LogP contribution in [0.2, 0.25) is 0 Å². The van der Waals surface area contributed by atoms with E-state index in [9.17, 15) is 32.3 Å². The summed E-state index contributed by atoms with van der Waals surface area (Å²) < 4.78 is 42.4. The van der Waals surface area contributed by atoms with Gasteiger partial charge in [0.05, 0.1) is 22.6 Å². The zero-order valence-electron chi connectivity index (χ0n) is 17.6. The molecule has 0 aliphatic carbocycles. The summed E-state index contributed by atoms with van der Waals surface area (Å²) in [5, 5.41) is 4.98. The summed E-state index contributed by atoms with van der Waals surface area (Å²) in [4.78, 5) is 47.0. The van der Waals surface area contributed by atoms with Crippen LogP contribution in [0.3, 0.4) is 0 Å². The molecule has 1 aliphatic rings. The van der Waals surface area contributed by atoms with Crippen molar-refractivity contribution in [3.05, 3.63) is 53.6 Å². The van der Waals surface area contributed by atoms with Gasteiger partial charge in [-0.1, -0.05) is 0 Å². The lowest BCUT2D eigenvalue weighted by Gasteiger charge is -2.16. The molecule has 0 radical (unpaired) electrons. The lowest BCUT2D eigenvalue weighted by molar-refractivity contribution is -0.137. The minimum atomic E-state index is -4.47. The molecule has 2 aromatic rings. The standard InChI is InChI=1S/C18H13F3N2O4S.C3H7NO/c19-18(20,21)11-2-4-12(5-3-11)22-15(24)8-27-17(26)10-1-6-14-13(7-10)23-16(25)9-28-14;1-4(2)3-5/h1-7H,8-9H2,(H,22,24)(H,23,25);3H,1-2H3. The molecule has 0 saturated heterocycles. The topological polar surface area (TPSA) is 105 Å². The Hall–Kier alpha value is -3.54. The van der Waals surface area contributed by atoms with Gasteiger partial charge in [0.2, 0.25) is 12.3 Å². The van der Waals surface area contributed by atoms with E-state index >= 15 is 0 Å². The van der Waals surface area contributed by atoms with Crippen LogP contribution in [0.5, 0.6) is 0 Å². The highest BCUT2D eigenvalue weighted by molar-refractivity contribution is 8.00. The van der Waals surface area contributed by atoms with Crippen molar-refractivity contribution < 1.29 is 37.1 Å². The predicted octanol–water partition coefficient (Wildman–Crippen LogP) is 3.25. The highest BCUT2D eigenvalue weighted by atomic mass is 32.2. The molecule has 1 aliphatic heterocycles. The first-order valence-electron chi connectivity index (χ1n) is 9.32. The fourth-order valence-corrected chi connectivity index (χ4v) is 3.15. The van der Waals surface area contributed by atoms with Gasteiger partial charge in [-0.05, 0) is 42.5 Å². The molecule has 2 aromatic carbocycles. The molecular formula is C21H20F3N3O5S. The third-order valence-electron chi connectivity index (χ3n) is 3.89. The van der Waals surface area contributed by atoms with Gasteiger partial charge in [0.25, 0.3) is 5.91 Å². The number of halogens is 3. The lowest BCUT2D eigenvalue weighted by atomic mass is 10.2. The Morgan fingerprint density at radius 2 is 1.82 bits per heavy atom. The van der Waals surface area contributed by atoms with Gasteiger partial charge in [-0.2, -0.15) is 13.2 Å². The molecule has 0 saturated carbocycles. The first-order chi connectivity index (χ1) is 15.5. The number of nitrogens with one attached hydrogen (secondary N) is 2. The smallest absolute Gasteiger partial charge is 0.416 e. The summed E-state index contributed by atoms with van der Waals surface area (Å²) in [6.07, 6.45) is -3.72. The van der Waals surface area contributed by atoms with E-state index in [-0.39, 0.29) is 17.2 Å². The molecule has 176 valence electrons. The molecule has 1 heterocycles. The number of rotatable bonds is 5. The van der Waals surface area contributed by atoms with Crippen molar-refractivity contribution in [3.8, 4) is 0 Å². The minimum absolute atomic E-state index is 0.141. The molecule has 0 fully saturated rings. The van der Waals surface area contributed by atoms with Crippen molar-refractivity contribution >= 4 is 47.3 Å². The van der Waals surface area contributed by atoms with E-state index in [1.54, 1.807) is 20.2 Å².